The number of phenolic OH excluding ortho intramolecular Hbond substituents is 2. The second kappa shape index (κ2) is 12.4. The van der Waals surface area contributed by atoms with Gasteiger partial charge in [-0.1, -0.05) is 36.4 Å². The van der Waals surface area contributed by atoms with E-state index in [4.69, 9.17) is 5.11 Å². The first kappa shape index (κ1) is 26.5. The van der Waals surface area contributed by atoms with Gasteiger partial charge in [-0.15, -0.1) is 0 Å². The van der Waals surface area contributed by atoms with Gasteiger partial charge in [0.25, 0.3) is 0 Å². The molecule has 0 atom stereocenters. The van der Waals surface area contributed by atoms with E-state index in [0.29, 0.717) is 33.9 Å². The summed E-state index contributed by atoms with van der Waals surface area (Å²) in [5.41, 5.74) is 4.09. The number of aliphatic hydroxyl groups excluding tert-OH is 1. The Morgan fingerprint density at radius 2 is 1.03 bits per heavy atom. The van der Waals surface area contributed by atoms with Gasteiger partial charge in [-0.05, 0) is 62.4 Å². The molecule has 0 spiro atoms. The number of hydrogen-bond donors (Lipinski definition) is 3. The molecule has 0 aliphatic rings. The molecule has 2 heterocycles. The Morgan fingerprint density at radius 1 is 0.647 bits per heavy atom. The number of carbonyl (C=O) groups is 1. The van der Waals surface area contributed by atoms with E-state index in [9.17, 15) is 15.0 Å². The van der Waals surface area contributed by atoms with E-state index >= 15 is 0 Å². The van der Waals surface area contributed by atoms with Crippen molar-refractivity contribution in [3.63, 3.8) is 0 Å². The third kappa shape index (κ3) is 7.10. The Hall–Kier alpha value is -3.80. The summed E-state index contributed by atoms with van der Waals surface area (Å²) in [7, 11) is 0. The molecule has 34 heavy (non-hydrogen) atoms. The Morgan fingerprint density at radius 3 is 1.35 bits per heavy atom. The monoisotopic (exact) mass is 633 g/mol. The van der Waals surface area contributed by atoms with Gasteiger partial charge in [0, 0.05) is 37.3 Å². The molecule has 0 unspecified atom stereocenters. The van der Waals surface area contributed by atoms with Crippen LogP contribution in [0.3, 0.4) is 0 Å². The molecule has 0 saturated heterocycles. The second-order valence-corrected chi connectivity index (χ2v) is 7.25. The number of aromatic nitrogens is 2. The van der Waals surface area contributed by atoms with Gasteiger partial charge >= 0.3 is 0 Å². The van der Waals surface area contributed by atoms with Crippen molar-refractivity contribution >= 4 is 5.78 Å². The molecule has 4 rings (SSSR count). The molecule has 6 nitrogen and oxygen atoms in total. The van der Waals surface area contributed by atoms with Crippen LogP contribution in [0.4, 0.5) is 0 Å². The van der Waals surface area contributed by atoms with Crippen LogP contribution in [0.25, 0.3) is 33.9 Å². The number of hydrogen-bond acceptors (Lipinski definition) is 6. The minimum atomic E-state index is -0.125. The van der Waals surface area contributed by atoms with Crippen molar-refractivity contribution in [3.8, 4) is 45.4 Å². The van der Waals surface area contributed by atoms with Crippen LogP contribution in [-0.2, 0) is 24.9 Å². The number of benzene rings is 2. The van der Waals surface area contributed by atoms with Crippen LogP contribution in [-0.4, -0.2) is 31.1 Å². The van der Waals surface area contributed by atoms with Crippen molar-refractivity contribution in [1.82, 2.24) is 9.97 Å². The van der Waals surface area contributed by atoms with Crippen molar-refractivity contribution in [1.29, 1.82) is 0 Å². The van der Waals surface area contributed by atoms with Crippen LogP contribution < -0.4 is 0 Å². The third-order valence-corrected chi connectivity index (χ3v) is 4.53. The maximum atomic E-state index is 10.1. The summed E-state index contributed by atoms with van der Waals surface area (Å²) in [5.74, 6) is 0.314. The van der Waals surface area contributed by atoms with Crippen LogP contribution >= 0.6 is 0 Å². The number of aliphatic hydroxyl groups is 1. The average molecular weight is 633 g/mol. The van der Waals surface area contributed by atoms with E-state index in [1.54, 1.807) is 24.3 Å². The van der Waals surface area contributed by atoms with Crippen molar-refractivity contribution in [3.05, 3.63) is 96.8 Å². The fraction of sp³-hybridized carbons (Fsp3) is 0.0741. The zero-order valence-corrected chi connectivity index (χ0v) is 21.0. The van der Waals surface area contributed by atoms with Gasteiger partial charge in [-0.2, -0.15) is 0 Å². The van der Waals surface area contributed by atoms with E-state index in [1.165, 1.54) is 19.9 Å². The van der Waals surface area contributed by atoms with E-state index in [-0.39, 0.29) is 43.1 Å². The number of phenols is 2. The van der Waals surface area contributed by atoms with Crippen LogP contribution in [0.2, 0.25) is 0 Å². The summed E-state index contributed by atoms with van der Waals surface area (Å²) < 4.78 is 0. The maximum absolute atomic E-state index is 10.1. The number of allylic oxidation sites excluding steroid dienone is 2. The van der Waals surface area contributed by atoms with E-state index in [1.807, 2.05) is 60.7 Å². The molecular formula is C27H24IrN2O4. The number of carbonyl (C=O) groups excluding carboxylic acids is 1. The normalized spacial score (nSPS) is 10.5. The van der Waals surface area contributed by atoms with Gasteiger partial charge in [0.1, 0.15) is 11.5 Å². The van der Waals surface area contributed by atoms with Gasteiger partial charge in [0.15, 0.2) is 5.78 Å². The zero-order chi connectivity index (χ0) is 23.8. The summed E-state index contributed by atoms with van der Waals surface area (Å²) in [6.45, 7) is 2.85. The molecule has 0 aliphatic heterocycles. The summed E-state index contributed by atoms with van der Waals surface area (Å²) in [6, 6.07) is 25.4. The molecular weight excluding hydrogens is 609 g/mol. The minimum absolute atomic E-state index is 0. The Labute approximate surface area is 211 Å². The van der Waals surface area contributed by atoms with Crippen molar-refractivity contribution in [2.45, 2.75) is 13.8 Å². The number of nitrogens with zero attached hydrogens (tertiary/aromatic N) is 2. The first-order valence-corrected chi connectivity index (χ1v) is 10.2. The average Bonchev–Trinajstić information content (AvgIpc) is 2.79. The molecule has 0 saturated carbocycles. The summed E-state index contributed by atoms with van der Waals surface area (Å²) in [6.07, 6.45) is 1.17. The molecule has 7 heteroatoms. The Balaban J connectivity index is 0.000000449. The Bertz CT molecular complexity index is 1210. The van der Waals surface area contributed by atoms with Crippen molar-refractivity contribution in [2.75, 3.05) is 0 Å². The van der Waals surface area contributed by atoms with Crippen LogP contribution in [0.1, 0.15) is 13.8 Å². The zero-order valence-electron chi connectivity index (χ0n) is 18.6. The third-order valence-electron chi connectivity index (χ3n) is 4.53. The van der Waals surface area contributed by atoms with Crippen LogP contribution in [0.5, 0.6) is 11.5 Å². The first-order valence-electron chi connectivity index (χ1n) is 10.2. The number of para-hydroxylation sites is 2. The summed E-state index contributed by atoms with van der Waals surface area (Å²) in [5, 5.41) is 28.5. The van der Waals surface area contributed by atoms with Crippen LogP contribution in [0.15, 0.2) is 96.8 Å². The standard InChI is InChI=1S/C22H16N2O2.C5H8O2.Ir/c25-21-13-3-1-7-15(21)17-9-5-11-19(23-17)20-12-6-10-18(24-20)16-8-2-4-14-22(16)26;1-4(6)3-5(2)7;/h1-14,25-26H;3,6H,1-2H3;/b;4-3-;. The molecule has 2 aromatic heterocycles. The topological polar surface area (TPSA) is 104 Å². The molecule has 0 amide bonds. The molecule has 4 aromatic rings. The molecule has 3 N–H and O–H groups in total. The predicted octanol–water partition coefficient (Wildman–Crippen LogP) is 5.92. The van der Waals surface area contributed by atoms with Gasteiger partial charge in [0.05, 0.1) is 28.5 Å². The molecule has 0 fully saturated rings. The molecule has 0 bridgehead atoms. The second-order valence-electron chi connectivity index (χ2n) is 7.25. The number of aromatic hydroxyl groups is 2. The van der Waals surface area contributed by atoms with Crippen molar-refractivity contribution < 1.29 is 40.2 Å². The van der Waals surface area contributed by atoms with E-state index in [0.717, 1.165) is 0 Å². The molecule has 2 aromatic carbocycles. The largest absolute Gasteiger partial charge is 0.512 e. The van der Waals surface area contributed by atoms with Crippen molar-refractivity contribution in [2.24, 2.45) is 0 Å². The molecule has 175 valence electrons. The molecule has 0 aliphatic carbocycles. The van der Waals surface area contributed by atoms with Crippen LogP contribution in [0, 0.1) is 0 Å². The summed E-state index contributed by atoms with van der Waals surface area (Å²) >= 11 is 0. The number of ketones is 1. The van der Waals surface area contributed by atoms with Gasteiger partial charge in [-0.25, -0.2) is 9.97 Å². The van der Waals surface area contributed by atoms with Gasteiger partial charge < -0.3 is 15.3 Å². The number of pyridine rings is 2. The SMILES string of the molecule is CC(=O)/C=C(/C)O.Oc1ccccc1-c1cccc(-c2cccc(-c3ccccc3O)n2)n1.[Ir]. The number of rotatable bonds is 4. The van der Waals surface area contributed by atoms with E-state index in [2.05, 4.69) is 9.97 Å². The van der Waals surface area contributed by atoms with Gasteiger partial charge in [0.2, 0.25) is 0 Å². The molecule has 1 radical (unpaired) electrons. The van der Waals surface area contributed by atoms with Gasteiger partial charge in [-0.3, -0.25) is 4.79 Å². The maximum Gasteiger partial charge on any atom is 0.155 e. The van der Waals surface area contributed by atoms with E-state index < -0.39 is 0 Å². The Kier molecular flexibility index (Phi) is 9.68. The fourth-order valence-corrected chi connectivity index (χ4v) is 3.13. The minimum Gasteiger partial charge on any atom is -0.512 e. The fourth-order valence-electron chi connectivity index (χ4n) is 3.13. The summed E-state index contributed by atoms with van der Waals surface area (Å²) in [4.78, 5) is 19.3. The predicted molar refractivity (Wildman–Crippen MR) is 129 cm³/mol. The smallest absolute Gasteiger partial charge is 0.155 e. The first-order chi connectivity index (χ1) is 15.8. The quantitative estimate of drug-likeness (QED) is 0.191.